The molecular formula is C14H19N3OS. The molecule has 1 heterocycles. The van der Waals surface area contributed by atoms with Crippen molar-refractivity contribution in [2.24, 2.45) is 0 Å². The van der Waals surface area contributed by atoms with E-state index in [9.17, 15) is 0 Å². The fourth-order valence-electron chi connectivity index (χ4n) is 1.91. The summed E-state index contributed by atoms with van der Waals surface area (Å²) in [6, 6.07) is 7.84. The highest BCUT2D eigenvalue weighted by atomic mass is 32.2. The van der Waals surface area contributed by atoms with E-state index in [0.717, 1.165) is 34.3 Å². The number of nitrogens with two attached hydrogens (primary N) is 1. The van der Waals surface area contributed by atoms with E-state index in [4.69, 9.17) is 10.5 Å². The summed E-state index contributed by atoms with van der Waals surface area (Å²) in [5, 5.41) is 4.44. The molecule has 0 spiro atoms. The Morgan fingerprint density at radius 2 is 2.16 bits per heavy atom. The summed E-state index contributed by atoms with van der Waals surface area (Å²) in [6.45, 7) is 5.00. The van der Waals surface area contributed by atoms with Crippen molar-refractivity contribution < 1.29 is 4.74 Å². The van der Waals surface area contributed by atoms with Gasteiger partial charge < -0.3 is 10.5 Å². The van der Waals surface area contributed by atoms with Crippen molar-refractivity contribution in [3.63, 3.8) is 0 Å². The third-order valence-corrected chi connectivity index (χ3v) is 3.99. The number of hydrogen-bond acceptors (Lipinski definition) is 4. The Kier molecular flexibility index (Phi) is 4.37. The average molecular weight is 277 g/mol. The molecule has 0 aliphatic heterocycles. The number of ether oxygens (including phenoxy) is 1. The standard InChI is InChI=1S/C14H19N3OS/c1-4-17-11(7-10(2)16-17)9-19-14-8-12(18-3)5-6-13(14)15/h5-8H,4,9,15H2,1-3H3. The van der Waals surface area contributed by atoms with Gasteiger partial charge in [-0.15, -0.1) is 11.8 Å². The first-order chi connectivity index (χ1) is 9.13. The third kappa shape index (κ3) is 3.23. The molecule has 1 aromatic heterocycles. The van der Waals surface area contributed by atoms with Crippen molar-refractivity contribution in [2.75, 3.05) is 12.8 Å². The van der Waals surface area contributed by atoms with E-state index in [0.29, 0.717) is 0 Å². The van der Waals surface area contributed by atoms with Crippen LogP contribution in [0.2, 0.25) is 0 Å². The maximum Gasteiger partial charge on any atom is 0.120 e. The van der Waals surface area contributed by atoms with E-state index in [1.807, 2.05) is 29.8 Å². The predicted octanol–water partition coefficient (Wildman–Crippen LogP) is 3.09. The summed E-state index contributed by atoms with van der Waals surface area (Å²) in [4.78, 5) is 1.04. The largest absolute Gasteiger partial charge is 0.497 e. The van der Waals surface area contributed by atoms with Crippen LogP contribution in [0.3, 0.4) is 0 Å². The maximum absolute atomic E-state index is 5.99. The predicted molar refractivity (Wildman–Crippen MR) is 79.6 cm³/mol. The second kappa shape index (κ2) is 6.02. The normalized spacial score (nSPS) is 10.7. The maximum atomic E-state index is 5.99. The van der Waals surface area contributed by atoms with E-state index < -0.39 is 0 Å². The molecule has 0 unspecified atom stereocenters. The van der Waals surface area contributed by atoms with Crippen molar-refractivity contribution in [3.05, 3.63) is 35.7 Å². The van der Waals surface area contributed by atoms with Crippen LogP contribution in [0, 0.1) is 6.92 Å². The zero-order chi connectivity index (χ0) is 13.8. The van der Waals surface area contributed by atoms with Gasteiger partial charge in [0.15, 0.2) is 0 Å². The lowest BCUT2D eigenvalue weighted by Crippen LogP contribution is -2.01. The molecule has 0 aliphatic carbocycles. The van der Waals surface area contributed by atoms with Gasteiger partial charge in [0.25, 0.3) is 0 Å². The summed E-state index contributed by atoms with van der Waals surface area (Å²) < 4.78 is 7.25. The number of benzene rings is 1. The Balaban J connectivity index is 2.13. The van der Waals surface area contributed by atoms with Gasteiger partial charge in [-0.3, -0.25) is 4.68 Å². The van der Waals surface area contributed by atoms with Crippen LogP contribution in [0.25, 0.3) is 0 Å². The quantitative estimate of drug-likeness (QED) is 0.674. The molecule has 0 aliphatic rings. The van der Waals surface area contributed by atoms with E-state index >= 15 is 0 Å². The number of anilines is 1. The molecule has 0 fully saturated rings. The molecule has 0 saturated heterocycles. The second-order valence-corrected chi connectivity index (χ2v) is 5.30. The topological polar surface area (TPSA) is 53.1 Å². The molecule has 2 N–H and O–H groups in total. The summed E-state index contributed by atoms with van der Waals surface area (Å²) in [5.41, 5.74) is 9.03. The van der Waals surface area contributed by atoms with E-state index in [1.54, 1.807) is 18.9 Å². The molecule has 0 saturated carbocycles. The van der Waals surface area contributed by atoms with E-state index in [2.05, 4.69) is 18.1 Å². The number of aryl methyl sites for hydroxylation is 2. The zero-order valence-electron chi connectivity index (χ0n) is 11.5. The molecule has 2 rings (SSSR count). The van der Waals surface area contributed by atoms with Gasteiger partial charge in [-0.2, -0.15) is 5.10 Å². The van der Waals surface area contributed by atoms with Crippen molar-refractivity contribution in [3.8, 4) is 5.75 Å². The molecule has 0 radical (unpaired) electrons. The highest BCUT2D eigenvalue weighted by Crippen LogP contribution is 2.31. The Morgan fingerprint density at radius 3 is 2.84 bits per heavy atom. The number of aromatic nitrogens is 2. The lowest BCUT2D eigenvalue weighted by atomic mass is 10.3. The molecule has 102 valence electrons. The Labute approximate surface area is 117 Å². The highest BCUT2D eigenvalue weighted by molar-refractivity contribution is 7.98. The van der Waals surface area contributed by atoms with Crippen LogP contribution in [0.5, 0.6) is 5.75 Å². The van der Waals surface area contributed by atoms with E-state index in [1.165, 1.54) is 5.69 Å². The Hall–Kier alpha value is -1.62. The first-order valence-electron chi connectivity index (χ1n) is 6.23. The van der Waals surface area contributed by atoms with Crippen molar-refractivity contribution >= 4 is 17.4 Å². The number of rotatable bonds is 5. The van der Waals surface area contributed by atoms with E-state index in [-0.39, 0.29) is 0 Å². The minimum atomic E-state index is 0.782. The first kappa shape index (κ1) is 13.8. The average Bonchev–Trinajstić information content (AvgIpc) is 2.78. The lowest BCUT2D eigenvalue weighted by Gasteiger charge is -2.08. The highest BCUT2D eigenvalue weighted by Gasteiger charge is 2.07. The molecule has 0 amide bonds. The van der Waals surface area contributed by atoms with Gasteiger partial charge >= 0.3 is 0 Å². The summed E-state index contributed by atoms with van der Waals surface area (Å²) in [7, 11) is 1.66. The fraction of sp³-hybridized carbons (Fsp3) is 0.357. The second-order valence-electron chi connectivity index (χ2n) is 4.29. The van der Waals surface area contributed by atoms with Crippen molar-refractivity contribution in [1.82, 2.24) is 9.78 Å². The van der Waals surface area contributed by atoms with Gasteiger partial charge in [0.05, 0.1) is 12.8 Å². The van der Waals surface area contributed by atoms with Crippen LogP contribution in [-0.4, -0.2) is 16.9 Å². The Morgan fingerprint density at radius 1 is 1.37 bits per heavy atom. The monoisotopic (exact) mass is 277 g/mol. The SMILES string of the molecule is CCn1nc(C)cc1CSc1cc(OC)ccc1N. The molecule has 5 heteroatoms. The minimum Gasteiger partial charge on any atom is -0.497 e. The van der Waals surface area contributed by atoms with Crippen LogP contribution < -0.4 is 10.5 Å². The molecule has 2 aromatic rings. The number of hydrogen-bond donors (Lipinski definition) is 1. The molecule has 4 nitrogen and oxygen atoms in total. The first-order valence-corrected chi connectivity index (χ1v) is 7.22. The number of nitrogen functional groups attached to an aromatic ring is 1. The van der Waals surface area contributed by atoms with Gasteiger partial charge in [-0.05, 0) is 38.1 Å². The molecule has 19 heavy (non-hydrogen) atoms. The number of methoxy groups -OCH3 is 1. The third-order valence-electron chi connectivity index (χ3n) is 2.88. The molecule has 0 atom stereocenters. The van der Waals surface area contributed by atoms with Crippen LogP contribution in [0.4, 0.5) is 5.69 Å². The number of thioether (sulfide) groups is 1. The Bertz CT molecular complexity index is 566. The van der Waals surface area contributed by atoms with Crippen molar-refractivity contribution in [1.29, 1.82) is 0 Å². The van der Waals surface area contributed by atoms with Gasteiger partial charge in [0.1, 0.15) is 5.75 Å². The lowest BCUT2D eigenvalue weighted by molar-refractivity contribution is 0.414. The smallest absolute Gasteiger partial charge is 0.120 e. The van der Waals surface area contributed by atoms with Gasteiger partial charge in [0, 0.05) is 28.6 Å². The van der Waals surface area contributed by atoms with Gasteiger partial charge in [0.2, 0.25) is 0 Å². The van der Waals surface area contributed by atoms with Crippen LogP contribution >= 0.6 is 11.8 Å². The van der Waals surface area contributed by atoms with Gasteiger partial charge in [-0.25, -0.2) is 0 Å². The molecule has 0 bridgehead atoms. The minimum absolute atomic E-state index is 0.782. The fourth-order valence-corrected chi connectivity index (χ4v) is 2.88. The van der Waals surface area contributed by atoms with Crippen LogP contribution in [0.1, 0.15) is 18.3 Å². The summed E-state index contributed by atoms with van der Waals surface area (Å²) in [5.74, 6) is 1.68. The summed E-state index contributed by atoms with van der Waals surface area (Å²) >= 11 is 1.71. The van der Waals surface area contributed by atoms with Gasteiger partial charge in [-0.1, -0.05) is 0 Å². The molecule has 1 aromatic carbocycles. The van der Waals surface area contributed by atoms with Crippen LogP contribution in [-0.2, 0) is 12.3 Å². The zero-order valence-corrected chi connectivity index (χ0v) is 12.3. The molecular weight excluding hydrogens is 258 g/mol. The summed E-state index contributed by atoms with van der Waals surface area (Å²) in [6.07, 6.45) is 0. The van der Waals surface area contributed by atoms with Crippen molar-refractivity contribution in [2.45, 2.75) is 31.0 Å². The number of nitrogens with zero attached hydrogens (tertiary/aromatic N) is 2. The van der Waals surface area contributed by atoms with Crippen LogP contribution in [0.15, 0.2) is 29.2 Å².